The molecular formula is C5H4N4O. The van der Waals surface area contributed by atoms with Gasteiger partial charge in [0.2, 0.25) is 5.82 Å². The smallest absolute Gasteiger partial charge is 0.293 e. The average Bonchev–Trinajstić information content (AvgIpc) is 2.34. The number of nitrogens with zero attached hydrogens (tertiary/aromatic N) is 2. The standard InChI is InChI=1S/C5H4N4O/c6-4(10)1-2-5-7-3-8-9-5/h3H,(H2,6,10)(H,7,8,9). The minimum atomic E-state index is -0.684. The first-order valence-electron chi connectivity index (χ1n) is 2.46. The summed E-state index contributed by atoms with van der Waals surface area (Å²) in [4.78, 5) is 13.7. The van der Waals surface area contributed by atoms with Crippen molar-refractivity contribution in [3.63, 3.8) is 0 Å². The van der Waals surface area contributed by atoms with Crippen LogP contribution in [-0.2, 0) is 4.79 Å². The number of rotatable bonds is 0. The van der Waals surface area contributed by atoms with Crippen LogP contribution < -0.4 is 5.73 Å². The maximum Gasteiger partial charge on any atom is 0.293 e. The van der Waals surface area contributed by atoms with Crippen molar-refractivity contribution in [2.45, 2.75) is 0 Å². The van der Waals surface area contributed by atoms with Gasteiger partial charge in [-0.15, -0.1) is 0 Å². The molecule has 10 heavy (non-hydrogen) atoms. The van der Waals surface area contributed by atoms with Gasteiger partial charge in [0.25, 0.3) is 5.91 Å². The van der Waals surface area contributed by atoms with E-state index in [4.69, 9.17) is 5.73 Å². The van der Waals surface area contributed by atoms with Crippen LogP contribution in [0.25, 0.3) is 0 Å². The number of primary amides is 1. The fourth-order valence-corrected chi connectivity index (χ4v) is 0.387. The Kier molecular flexibility index (Phi) is 1.66. The Morgan fingerprint density at radius 2 is 2.60 bits per heavy atom. The number of hydrogen-bond donors (Lipinski definition) is 2. The Labute approximate surface area is 56.6 Å². The van der Waals surface area contributed by atoms with Gasteiger partial charge in [0.15, 0.2) is 0 Å². The normalized spacial score (nSPS) is 8.00. The van der Waals surface area contributed by atoms with Crippen LogP contribution in [0, 0.1) is 11.8 Å². The van der Waals surface area contributed by atoms with Crippen molar-refractivity contribution in [1.82, 2.24) is 15.2 Å². The van der Waals surface area contributed by atoms with E-state index in [1.54, 1.807) is 0 Å². The van der Waals surface area contributed by atoms with Gasteiger partial charge in [0.05, 0.1) is 0 Å². The SMILES string of the molecule is NC(=O)C#Cc1ncn[nH]1. The lowest BCUT2D eigenvalue weighted by molar-refractivity contribution is -0.112. The molecule has 0 spiro atoms. The van der Waals surface area contributed by atoms with E-state index in [1.165, 1.54) is 6.33 Å². The molecule has 0 aliphatic heterocycles. The van der Waals surface area contributed by atoms with Crippen LogP contribution in [-0.4, -0.2) is 21.1 Å². The molecule has 1 amide bonds. The molecular weight excluding hydrogens is 132 g/mol. The summed E-state index contributed by atoms with van der Waals surface area (Å²) in [6.45, 7) is 0. The van der Waals surface area contributed by atoms with Crippen molar-refractivity contribution in [2.75, 3.05) is 0 Å². The largest absolute Gasteiger partial charge is 0.359 e. The molecule has 1 aromatic heterocycles. The van der Waals surface area contributed by atoms with E-state index in [1.807, 2.05) is 0 Å². The third-order valence-electron chi connectivity index (χ3n) is 0.719. The van der Waals surface area contributed by atoms with Gasteiger partial charge in [0.1, 0.15) is 6.33 Å². The van der Waals surface area contributed by atoms with E-state index in [0.29, 0.717) is 5.82 Å². The molecule has 0 fully saturated rings. The Morgan fingerprint density at radius 3 is 3.10 bits per heavy atom. The quantitative estimate of drug-likeness (QED) is 0.432. The molecule has 0 aliphatic rings. The molecule has 5 heteroatoms. The molecule has 1 rings (SSSR count). The zero-order valence-electron chi connectivity index (χ0n) is 4.96. The van der Waals surface area contributed by atoms with Crippen molar-refractivity contribution in [3.05, 3.63) is 12.2 Å². The fraction of sp³-hybridized carbons (Fsp3) is 0. The molecule has 3 N–H and O–H groups in total. The third-order valence-corrected chi connectivity index (χ3v) is 0.719. The minimum Gasteiger partial charge on any atom is -0.359 e. The fourth-order valence-electron chi connectivity index (χ4n) is 0.387. The number of carbonyl (C=O) groups is 1. The molecule has 0 saturated carbocycles. The lowest BCUT2D eigenvalue weighted by atomic mass is 10.5. The van der Waals surface area contributed by atoms with Crippen LogP contribution >= 0.6 is 0 Å². The summed E-state index contributed by atoms with van der Waals surface area (Å²) >= 11 is 0. The number of hydrogen-bond acceptors (Lipinski definition) is 3. The zero-order chi connectivity index (χ0) is 7.40. The van der Waals surface area contributed by atoms with E-state index in [2.05, 4.69) is 27.0 Å². The van der Waals surface area contributed by atoms with E-state index >= 15 is 0 Å². The van der Waals surface area contributed by atoms with Crippen LogP contribution in [0.15, 0.2) is 6.33 Å². The lowest BCUT2D eigenvalue weighted by Gasteiger charge is -1.72. The monoisotopic (exact) mass is 136 g/mol. The summed E-state index contributed by atoms with van der Waals surface area (Å²) in [5.41, 5.74) is 4.73. The molecule has 1 aromatic rings. The highest BCUT2D eigenvalue weighted by atomic mass is 16.1. The van der Waals surface area contributed by atoms with Crippen LogP contribution in [0.1, 0.15) is 5.82 Å². The number of H-pyrrole nitrogens is 1. The van der Waals surface area contributed by atoms with Gasteiger partial charge in [-0.25, -0.2) is 4.98 Å². The molecule has 0 aromatic carbocycles. The molecule has 50 valence electrons. The van der Waals surface area contributed by atoms with Gasteiger partial charge in [-0.3, -0.25) is 9.89 Å². The van der Waals surface area contributed by atoms with Crippen molar-refractivity contribution in [1.29, 1.82) is 0 Å². The highest BCUT2D eigenvalue weighted by Gasteiger charge is 1.86. The summed E-state index contributed by atoms with van der Waals surface area (Å²) in [7, 11) is 0. The first kappa shape index (κ1) is 6.29. The number of nitrogens with one attached hydrogen (secondary N) is 1. The predicted octanol–water partition coefficient (Wildman–Crippen LogP) is -1.36. The number of amides is 1. The van der Waals surface area contributed by atoms with Crippen molar-refractivity contribution >= 4 is 5.91 Å². The molecule has 0 bridgehead atoms. The van der Waals surface area contributed by atoms with Gasteiger partial charge in [-0.2, -0.15) is 5.10 Å². The topological polar surface area (TPSA) is 84.7 Å². The second kappa shape index (κ2) is 2.64. The van der Waals surface area contributed by atoms with Crippen LogP contribution in [0.4, 0.5) is 0 Å². The Bertz CT molecular complexity index is 278. The minimum absolute atomic E-state index is 0.332. The number of nitrogens with two attached hydrogens (primary N) is 1. The maximum absolute atomic E-state index is 10.1. The second-order valence-corrected chi connectivity index (χ2v) is 1.45. The van der Waals surface area contributed by atoms with Gasteiger partial charge in [0, 0.05) is 5.92 Å². The third kappa shape index (κ3) is 1.59. The molecule has 0 unspecified atom stereocenters. The van der Waals surface area contributed by atoms with E-state index in [9.17, 15) is 4.79 Å². The Balaban J connectivity index is 2.75. The van der Waals surface area contributed by atoms with Crippen molar-refractivity contribution in [3.8, 4) is 11.8 Å². The summed E-state index contributed by atoms with van der Waals surface area (Å²) in [6, 6.07) is 0. The molecule has 0 aliphatic carbocycles. The van der Waals surface area contributed by atoms with Crippen molar-refractivity contribution < 1.29 is 4.79 Å². The summed E-state index contributed by atoms with van der Waals surface area (Å²) in [5, 5.41) is 5.96. The first-order chi connectivity index (χ1) is 4.79. The number of carbonyl (C=O) groups excluding carboxylic acids is 1. The first-order valence-corrected chi connectivity index (χ1v) is 2.46. The number of aromatic amines is 1. The van der Waals surface area contributed by atoms with Crippen molar-refractivity contribution in [2.24, 2.45) is 5.73 Å². The van der Waals surface area contributed by atoms with E-state index in [-0.39, 0.29) is 0 Å². The molecule has 5 nitrogen and oxygen atoms in total. The lowest BCUT2D eigenvalue weighted by Crippen LogP contribution is -2.06. The van der Waals surface area contributed by atoms with E-state index < -0.39 is 5.91 Å². The van der Waals surface area contributed by atoms with E-state index in [0.717, 1.165) is 0 Å². The maximum atomic E-state index is 10.1. The highest BCUT2D eigenvalue weighted by molar-refractivity contribution is 5.92. The molecule has 0 saturated heterocycles. The molecule has 1 heterocycles. The van der Waals surface area contributed by atoms with Crippen LogP contribution in [0.2, 0.25) is 0 Å². The van der Waals surface area contributed by atoms with Gasteiger partial charge < -0.3 is 5.73 Å². The molecule has 0 atom stereocenters. The zero-order valence-corrected chi connectivity index (χ0v) is 4.96. The van der Waals surface area contributed by atoms with Gasteiger partial charge in [-0.05, 0) is 5.92 Å². The Hall–Kier alpha value is -1.83. The summed E-state index contributed by atoms with van der Waals surface area (Å²) in [6.07, 6.45) is 1.30. The molecule has 0 radical (unpaired) electrons. The summed E-state index contributed by atoms with van der Waals surface area (Å²) < 4.78 is 0. The highest BCUT2D eigenvalue weighted by Crippen LogP contribution is 1.77. The number of aromatic nitrogens is 3. The average molecular weight is 136 g/mol. The summed E-state index contributed by atoms with van der Waals surface area (Å²) in [5.74, 6) is 4.12. The predicted molar refractivity (Wildman–Crippen MR) is 32.5 cm³/mol. The van der Waals surface area contributed by atoms with Crippen LogP contribution in [0.3, 0.4) is 0 Å². The second-order valence-electron chi connectivity index (χ2n) is 1.45. The van der Waals surface area contributed by atoms with Crippen LogP contribution in [0.5, 0.6) is 0 Å². The van der Waals surface area contributed by atoms with Gasteiger partial charge in [-0.1, -0.05) is 0 Å². The van der Waals surface area contributed by atoms with Gasteiger partial charge >= 0.3 is 0 Å². The Morgan fingerprint density at radius 1 is 1.80 bits per heavy atom.